The fraction of sp³-hybridized carbons (Fsp3) is 0.800. The summed E-state index contributed by atoms with van der Waals surface area (Å²) in [5.41, 5.74) is 0. The number of aliphatic carboxylic acids is 1. The highest BCUT2D eigenvalue weighted by Gasteiger charge is 2.76. The Morgan fingerprint density at radius 2 is 2.00 bits per heavy atom. The highest BCUT2D eigenvalue weighted by atomic mass is 32.2. The van der Waals surface area contributed by atoms with Gasteiger partial charge in [-0.25, -0.2) is 0 Å². The molecule has 0 saturated carbocycles. The monoisotopic (exact) mass is 509 g/mol. The maximum atomic E-state index is 14.2. The number of amides is 2. The quantitative estimate of drug-likeness (QED) is 0.295. The van der Waals surface area contributed by atoms with Crippen LogP contribution < -0.4 is 0 Å². The van der Waals surface area contributed by atoms with E-state index >= 15 is 0 Å². The van der Waals surface area contributed by atoms with Crippen molar-refractivity contribution in [3.8, 4) is 0 Å². The molecular weight excluding hydrogens is 470 g/mol. The second-order valence-electron chi connectivity index (χ2n) is 10.2. The zero-order chi connectivity index (χ0) is 25.2. The molecule has 9 nitrogen and oxygen atoms in total. The van der Waals surface area contributed by atoms with E-state index in [0.29, 0.717) is 52.1 Å². The molecule has 3 unspecified atom stereocenters. The van der Waals surface area contributed by atoms with Gasteiger partial charge in [0.2, 0.25) is 11.8 Å². The molecule has 2 amide bonds. The first-order valence-electron chi connectivity index (χ1n) is 12.9. The number of rotatable bonds is 12. The number of fused-ring (bicyclic) bond motifs is 1. The summed E-state index contributed by atoms with van der Waals surface area (Å²) in [6.07, 6.45) is 4.50. The molecule has 4 saturated heterocycles. The maximum Gasteiger partial charge on any atom is 0.308 e. The minimum atomic E-state index is -0.932. The predicted molar refractivity (Wildman–Crippen MR) is 133 cm³/mol. The number of carbonyl (C=O) groups is 3. The van der Waals surface area contributed by atoms with Crippen molar-refractivity contribution < 1.29 is 29.3 Å². The molecule has 0 aromatic heterocycles. The molecule has 0 aromatic carbocycles. The number of carbonyl (C=O) groups excluding carboxylic acids is 2. The van der Waals surface area contributed by atoms with Crippen LogP contribution in [0.25, 0.3) is 0 Å². The summed E-state index contributed by atoms with van der Waals surface area (Å²) >= 11 is 1.58. The number of aliphatic hydroxyl groups excluding tert-OH is 1. The Labute approximate surface area is 211 Å². The van der Waals surface area contributed by atoms with Crippen LogP contribution in [0.4, 0.5) is 0 Å². The largest absolute Gasteiger partial charge is 0.481 e. The molecule has 0 aromatic rings. The van der Waals surface area contributed by atoms with Crippen molar-refractivity contribution in [3.05, 3.63) is 12.7 Å². The molecule has 1 spiro atoms. The number of carboxylic acids is 1. The van der Waals surface area contributed by atoms with Gasteiger partial charge in [0.05, 0.1) is 29.8 Å². The third-order valence-corrected chi connectivity index (χ3v) is 10.3. The number of ether oxygens (including phenoxy) is 1. The molecule has 4 fully saturated rings. The van der Waals surface area contributed by atoms with Gasteiger partial charge in [-0.2, -0.15) is 0 Å². The van der Waals surface area contributed by atoms with Gasteiger partial charge in [-0.05, 0) is 31.6 Å². The molecule has 2 N–H and O–H groups in total. The van der Waals surface area contributed by atoms with E-state index in [0.717, 1.165) is 26.1 Å². The zero-order valence-electron chi connectivity index (χ0n) is 20.6. The van der Waals surface area contributed by atoms with Crippen LogP contribution in [0, 0.1) is 17.8 Å². The third kappa shape index (κ3) is 4.74. The summed E-state index contributed by atoms with van der Waals surface area (Å²) in [4.78, 5) is 46.0. The molecule has 0 aliphatic carbocycles. The van der Waals surface area contributed by atoms with Gasteiger partial charge in [0.1, 0.15) is 6.04 Å². The van der Waals surface area contributed by atoms with Gasteiger partial charge in [0.25, 0.3) is 0 Å². The van der Waals surface area contributed by atoms with Crippen molar-refractivity contribution in [2.24, 2.45) is 17.8 Å². The summed E-state index contributed by atoms with van der Waals surface area (Å²) in [5.74, 6) is -2.56. The van der Waals surface area contributed by atoms with Crippen molar-refractivity contribution in [3.63, 3.8) is 0 Å². The minimum Gasteiger partial charge on any atom is -0.481 e. The average molecular weight is 510 g/mol. The van der Waals surface area contributed by atoms with Crippen LogP contribution in [0.3, 0.4) is 0 Å². The Bertz CT molecular complexity index is 821. The van der Waals surface area contributed by atoms with Crippen molar-refractivity contribution in [1.29, 1.82) is 0 Å². The van der Waals surface area contributed by atoms with E-state index < -0.39 is 28.6 Å². The number of hydrogen-bond donors (Lipinski definition) is 2. The first-order valence-corrected chi connectivity index (χ1v) is 13.8. The number of morpholine rings is 1. The van der Waals surface area contributed by atoms with E-state index in [1.165, 1.54) is 0 Å². The molecule has 10 heteroatoms. The second kappa shape index (κ2) is 11.2. The maximum absolute atomic E-state index is 14.2. The lowest BCUT2D eigenvalue weighted by Crippen LogP contribution is -2.58. The molecule has 4 aliphatic rings. The molecule has 6 atom stereocenters. The molecule has 4 heterocycles. The van der Waals surface area contributed by atoms with Crippen molar-refractivity contribution >= 4 is 29.5 Å². The van der Waals surface area contributed by atoms with E-state index in [1.807, 2.05) is 0 Å². The van der Waals surface area contributed by atoms with Crippen molar-refractivity contribution in [1.82, 2.24) is 14.7 Å². The lowest BCUT2D eigenvalue weighted by Gasteiger charge is -2.40. The summed E-state index contributed by atoms with van der Waals surface area (Å²) in [7, 11) is 0. The fourth-order valence-electron chi connectivity index (χ4n) is 6.60. The molecule has 2 bridgehead atoms. The van der Waals surface area contributed by atoms with Crippen molar-refractivity contribution in [2.45, 2.75) is 48.6 Å². The Kier molecular flexibility index (Phi) is 8.45. The fourth-order valence-corrected chi connectivity index (χ4v) is 9.01. The number of unbranched alkanes of at least 4 members (excludes halogenated alkanes) is 2. The lowest BCUT2D eigenvalue weighted by atomic mass is 9.66. The third-order valence-electron chi connectivity index (χ3n) is 8.27. The predicted octanol–water partition coefficient (Wildman–Crippen LogP) is 0.918. The van der Waals surface area contributed by atoms with Crippen molar-refractivity contribution in [2.75, 3.05) is 59.1 Å². The van der Waals surface area contributed by atoms with Crippen LogP contribution in [0.1, 0.15) is 32.6 Å². The highest BCUT2D eigenvalue weighted by molar-refractivity contribution is 8.02. The van der Waals surface area contributed by atoms with E-state index in [9.17, 15) is 19.5 Å². The minimum absolute atomic E-state index is 0.0725. The molecule has 4 aliphatic heterocycles. The summed E-state index contributed by atoms with van der Waals surface area (Å²) in [6.45, 7) is 11.1. The molecule has 0 radical (unpaired) electrons. The van der Waals surface area contributed by atoms with Gasteiger partial charge in [-0.3, -0.25) is 19.3 Å². The van der Waals surface area contributed by atoms with Gasteiger partial charge in [0.15, 0.2) is 0 Å². The van der Waals surface area contributed by atoms with Gasteiger partial charge < -0.3 is 24.7 Å². The SMILES string of the molecule is C=CCN(CCN1CCOCC1)C(=O)C1N(CCCCCO)C(=O)[C@@H]2[C@@H](C(=O)O)[C@H]3CC(C)C12S3. The summed E-state index contributed by atoms with van der Waals surface area (Å²) in [6, 6.07) is -0.673. The number of hydrogen-bond acceptors (Lipinski definition) is 7. The summed E-state index contributed by atoms with van der Waals surface area (Å²) < 4.78 is 4.72. The zero-order valence-corrected chi connectivity index (χ0v) is 21.5. The first-order chi connectivity index (χ1) is 16.9. The number of likely N-dealkylation sites (tertiary alicyclic amines) is 1. The molecular formula is C25H39N3O6S. The van der Waals surface area contributed by atoms with E-state index in [4.69, 9.17) is 9.84 Å². The van der Waals surface area contributed by atoms with Crippen LogP contribution in [-0.4, -0.2) is 118 Å². The van der Waals surface area contributed by atoms with E-state index in [2.05, 4.69) is 18.4 Å². The van der Waals surface area contributed by atoms with Crippen LogP contribution in [0.15, 0.2) is 12.7 Å². The Hall–Kier alpha value is -1.62. The molecule has 35 heavy (non-hydrogen) atoms. The normalized spacial score (nSPS) is 34.3. The van der Waals surface area contributed by atoms with Gasteiger partial charge in [-0.15, -0.1) is 18.3 Å². The van der Waals surface area contributed by atoms with E-state index in [1.54, 1.807) is 27.6 Å². The Morgan fingerprint density at radius 1 is 1.26 bits per heavy atom. The molecule has 4 rings (SSSR count). The summed E-state index contributed by atoms with van der Waals surface area (Å²) in [5, 5.41) is 19.1. The number of nitrogens with zero attached hydrogens (tertiary/aromatic N) is 3. The van der Waals surface area contributed by atoms with Crippen LogP contribution >= 0.6 is 11.8 Å². The van der Waals surface area contributed by atoms with Crippen LogP contribution in [-0.2, 0) is 19.1 Å². The average Bonchev–Trinajstić information content (AvgIpc) is 3.43. The molecule has 196 valence electrons. The van der Waals surface area contributed by atoms with Gasteiger partial charge in [0, 0.05) is 51.1 Å². The van der Waals surface area contributed by atoms with Gasteiger partial charge in [-0.1, -0.05) is 13.0 Å². The van der Waals surface area contributed by atoms with Crippen LogP contribution in [0.5, 0.6) is 0 Å². The lowest BCUT2D eigenvalue weighted by molar-refractivity contribution is -0.149. The first kappa shape index (κ1) is 26.4. The smallest absolute Gasteiger partial charge is 0.308 e. The number of thioether (sulfide) groups is 1. The Morgan fingerprint density at radius 3 is 2.66 bits per heavy atom. The standard InChI is InChI=1S/C25H39N3O6S/c1-3-7-27(10-9-26-11-14-34-15-12-26)23(31)21-25-17(2)16-18(35-25)19(24(32)33)20(25)22(30)28(21)8-5-4-6-13-29/h3,17-21,29H,1,4-16H2,2H3,(H,32,33)/t17?,18-,19+,20+,21?,25?/m1/s1. The van der Waals surface area contributed by atoms with Crippen LogP contribution in [0.2, 0.25) is 0 Å². The topological polar surface area (TPSA) is 111 Å². The Balaban J connectivity index is 1.62. The highest BCUT2D eigenvalue weighted by Crippen LogP contribution is 2.68. The number of aliphatic hydroxyl groups is 1. The second-order valence-corrected chi connectivity index (χ2v) is 11.8. The van der Waals surface area contributed by atoms with E-state index in [-0.39, 0.29) is 29.6 Å². The van der Waals surface area contributed by atoms with Gasteiger partial charge >= 0.3 is 5.97 Å². The number of carboxylic acid groups (broad SMARTS) is 1.